The Labute approximate surface area is 362 Å². The topological polar surface area (TPSA) is 78.9 Å². The predicted octanol–water partition coefficient (Wildman–Crippen LogP) is 14.1. The van der Waals surface area contributed by atoms with E-state index >= 15 is 0 Å². The number of nitrogens with zero attached hydrogens (tertiary/aromatic N) is 5. The smallest absolute Gasteiger partial charge is 0.269 e. The van der Waals surface area contributed by atoms with Gasteiger partial charge in [-0.3, -0.25) is 15.0 Å². The fraction of sp³-hybridized carbons (Fsp3) is 0.580. The summed E-state index contributed by atoms with van der Waals surface area (Å²) < 4.78 is 6.02. The van der Waals surface area contributed by atoms with Gasteiger partial charge in [0.05, 0.1) is 4.92 Å². The van der Waals surface area contributed by atoms with Crippen LogP contribution >= 0.6 is 11.8 Å². The summed E-state index contributed by atoms with van der Waals surface area (Å²) >= 11 is 1.64. The van der Waals surface area contributed by atoms with Crippen LogP contribution < -0.4 is 4.90 Å². The van der Waals surface area contributed by atoms with E-state index in [-0.39, 0.29) is 10.6 Å². The van der Waals surface area contributed by atoms with Gasteiger partial charge in [-0.1, -0.05) is 164 Å². The van der Waals surface area contributed by atoms with Gasteiger partial charge in [-0.2, -0.15) is 0 Å². The monoisotopic (exact) mass is 828 g/mol. The van der Waals surface area contributed by atoms with E-state index in [1.54, 1.807) is 23.9 Å². The molecule has 8 nitrogen and oxygen atoms in total. The Morgan fingerprint density at radius 1 is 0.678 bits per heavy atom. The predicted molar refractivity (Wildman–Crippen MR) is 254 cm³/mol. The number of aromatic nitrogens is 1. The third-order valence-electron chi connectivity index (χ3n) is 10.8. The number of non-ortho nitro benzene ring substituents is 1. The van der Waals surface area contributed by atoms with Gasteiger partial charge in [-0.15, -0.1) is 0 Å². The van der Waals surface area contributed by atoms with Gasteiger partial charge >= 0.3 is 0 Å². The van der Waals surface area contributed by atoms with Crippen molar-refractivity contribution in [2.24, 2.45) is 0 Å². The van der Waals surface area contributed by atoms with Gasteiger partial charge < -0.3 is 14.2 Å². The first-order valence-corrected chi connectivity index (χ1v) is 23.7. The molecule has 59 heavy (non-hydrogen) atoms. The molecule has 3 aromatic carbocycles. The van der Waals surface area contributed by atoms with E-state index in [2.05, 4.69) is 94.4 Å². The minimum absolute atomic E-state index is 0.152. The average Bonchev–Trinajstić information content (AvgIpc) is 3.66. The van der Waals surface area contributed by atoms with Crippen LogP contribution in [0.25, 0.3) is 22.6 Å². The Hall–Kier alpha value is -3.66. The standard InChI is InChI=1S/C19H41N.C18H17NOS.C13H19N3O2/c1-5-7-9-11-13-15-17-20(19(3)4)18-16-14-12-10-8-6-2;1-13(2)21-18-19-16(14-9-5-3-6-10-14)17(20-18)15-11-7-4-8-12-15;1-11(2)14-7-9-15(10-8-14)12-3-5-13(6-4-12)16(17)18/h19H,5-18H2,1-4H3;3-13H,1-2H3;3-6,11H,7-10H2,1-2H3. The maximum absolute atomic E-state index is 10.6. The number of benzene rings is 3. The molecule has 4 aromatic rings. The van der Waals surface area contributed by atoms with E-state index in [9.17, 15) is 10.1 Å². The zero-order valence-electron chi connectivity index (χ0n) is 37.9. The molecular weight excluding hydrogens is 751 g/mol. The first-order valence-electron chi connectivity index (χ1n) is 22.8. The summed E-state index contributed by atoms with van der Waals surface area (Å²) in [5, 5.41) is 11.8. The highest BCUT2D eigenvalue weighted by molar-refractivity contribution is 7.99. The number of nitro groups is 1. The number of piperazine rings is 1. The van der Waals surface area contributed by atoms with Crippen molar-refractivity contribution in [1.82, 2.24) is 14.8 Å². The maximum atomic E-state index is 10.6. The molecule has 326 valence electrons. The van der Waals surface area contributed by atoms with Crippen LogP contribution in [0.15, 0.2) is 94.6 Å². The Morgan fingerprint density at radius 3 is 1.63 bits per heavy atom. The Bertz CT molecular complexity index is 1580. The number of anilines is 1. The third kappa shape index (κ3) is 19.1. The van der Waals surface area contributed by atoms with E-state index in [1.807, 2.05) is 48.5 Å². The van der Waals surface area contributed by atoms with Crippen molar-refractivity contribution in [3.05, 3.63) is 95.0 Å². The molecular formula is C50H77N5O3S. The van der Waals surface area contributed by atoms with Gasteiger partial charge in [0.25, 0.3) is 10.9 Å². The SMILES string of the molecule is CC(C)N1CCN(c2ccc([N+](=O)[O-])cc2)CC1.CC(C)Sc1nc(-c2ccccc2)c(-c2ccccc2)o1.CCCCCCCCN(CCCCCCCC)C(C)C. The number of oxazole rings is 1. The summed E-state index contributed by atoms with van der Waals surface area (Å²) in [6, 6.07) is 28.5. The van der Waals surface area contributed by atoms with Crippen molar-refractivity contribution in [1.29, 1.82) is 0 Å². The molecule has 0 aliphatic carbocycles. The summed E-state index contributed by atoms with van der Waals surface area (Å²) in [6.45, 7) is 24.7. The number of unbranched alkanes of at least 4 members (excludes halogenated alkanes) is 10. The minimum Gasteiger partial charge on any atom is -0.431 e. The molecule has 1 aromatic heterocycles. The average molecular weight is 828 g/mol. The molecule has 1 aliphatic heterocycles. The van der Waals surface area contributed by atoms with Crippen LogP contribution in [-0.4, -0.2) is 76.3 Å². The summed E-state index contributed by atoms with van der Waals surface area (Å²) in [7, 11) is 0. The zero-order chi connectivity index (χ0) is 42.8. The van der Waals surface area contributed by atoms with Gasteiger partial charge in [0, 0.05) is 72.5 Å². The molecule has 0 spiro atoms. The molecule has 0 amide bonds. The summed E-state index contributed by atoms with van der Waals surface area (Å²) in [4.78, 5) is 22.3. The lowest BCUT2D eigenvalue weighted by atomic mass is 10.1. The fourth-order valence-electron chi connectivity index (χ4n) is 7.23. The highest BCUT2D eigenvalue weighted by atomic mass is 32.2. The van der Waals surface area contributed by atoms with Crippen LogP contribution in [0.5, 0.6) is 0 Å². The van der Waals surface area contributed by atoms with Crippen molar-refractivity contribution in [3.63, 3.8) is 0 Å². The lowest BCUT2D eigenvalue weighted by molar-refractivity contribution is -0.384. The molecule has 1 fully saturated rings. The molecule has 0 N–H and O–H groups in total. The summed E-state index contributed by atoms with van der Waals surface area (Å²) in [5.74, 6) is 0.838. The van der Waals surface area contributed by atoms with Crippen LogP contribution in [0, 0.1) is 10.1 Å². The third-order valence-corrected chi connectivity index (χ3v) is 11.7. The van der Waals surface area contributed by atoms with Gasteiger partial charge in [0.15, 0.2) is 5.76 Å². The van der Waals surface area contributed by atoms with E-state index in [1.165, 1.54) is 90.1 Å². The van der Waals surface area contributed by atoms with Gasteiger partial charge in [-0.05, 0) is 65.8 Å². The molecule has 1 saturated heterocycles. The normalized spacial score (nSPS) is 13.1. The maximum Gasteiger partial charge on any atom is 0.269 e. The van der Waals surface area contributed by atoms with E-state index in [0.717, 1.165) is 65.7 Å². The Kier molecular flexibility index (Phi) is 24.2. The van der Waals surface area contributed by atoms with Crippen molar-refractivity contribution >= 4 is 23.1 Å². The quantitative estimate of drug-likeness (QED) is 0.0335. The number of rotatable bonds is 22. The van der Waals surface area contributed by atoms with Crippen molar-refractivity contribution in [3.8, 4) is 22.6 Å². The van der Waals surface area contributed by atoms with Gasteiger partial charge in [0.2, 0.25) is 0 Å². The molecule has 1 aliphatic rings. The largest absolute Gasteiger partial charge is 0.431 e. The van der Waals surface area contributed by atoms with Crippen molar-refractivity contribution < 1.29 is 9.34 Å². The molecule has 0 bridgehead atoms. The van der Waals surface area contributed by atoms with Crippen LogP contribution in [-0.2, 0) is 0 Å². The van der Waals surface area contributed by atoms with Crippen LogP contribution in [0.4, 0.5) is 11.4 Å². The lowest BCUT2D eigenvalue weighted by Crippen LogP contribution is -2.48. The van der Waals surface area contributed by atoms with Gasteiger partial charge in [-0.25, -0.2) is 4.98 Å². The van der Waals surface area contributed by atoms with Crippen LogP contribution in [0.2, 0.25) is 0 Å². The van der Waals surface area contributed by atoms with Crippen molar-refractivity contribution in [2.75, 3.05) is 44.2 Å². The molecule has 0 atom stereocenters. The number of nitro benzene ring substituents is 1. The van der Waals surface area contributed by atoms with Crippen LogP contribution in [0.1, 0.15) is 132 Å². The fourth-order valence-corrected chi connectivity index (χ4v) is 7.91. The second kappa shape index (κ2) is 28.7. The van der Waals surface area contributed by atoms with Crippen molar-refractivity contribution in [2.45, 2.75) is 155 Å². The summed E-state index contributed by atoms with van der Waals surface area (Å²) in [5.41, 5.74) is 4.27. The van der Waals surface area contributed by atoms with Gasteiger partial charge in [0.1, 0.15) is 5.69 Å². The molecule has 0 unspecified atom stereocenters. The first-order chi connectivity index (χ1) is 28.5. The molecule has 9 heteroatoms. The van der Waals surface area contributed by atoms with E-state index in [4.69, 9.17) is 9.40 Å². The highest BCUT2D eigenvalue weighted by Crippen LogP contribution is 2.36. The summed E-state index contributed by atoms with van der Waals surface area (Å²) in [6.07, 6.45) is 17.0. The Morgan fingerprint density at radius 2 is 1.17 bits per heavy atom. The van der Waals surface area contributed by atoms with Crippen LogP contribution in [0.3, 0.4) is 0 Å². The second-order valence-corrected chi connectivity index (χ2v) is 18.1. The highest BCUT2D eigenvalue weighted by Gasteiger charge is 2.20. The molecule has 0 saturated carbocycles. The molecule has 5 rings (SSSR count). The van der Waals surface area contributed by atoms with E-state index in [0.29, 0.717) is 11.3 Å². The minimum atomic E-state index is -0.361. The second-order valence-electron chi connectivity index (χ2n) is 16.6. The first kappa shape index (κ1) is 49.7. The molecule has 2 heterocycles. The lowest BCUT2D eigenvalue weighted by Gasteiger charge is -2.38. The number of hydrogen-bond acceptors (Lipinski definition) is 8. The number of hydrogen-bond donors (Lipinski definition) is 0. The Balaban J connectivity index is 0.000000237. The van der Waals surface area contributed by atoms with E-state index < -0.39 is 0 Å². The molecule has 0 radical (unpaired) electrons. The zero-order valence-corrected chi connectivity index (χ0v) is 38.7. The number of thioether (sulfide) groups is 1.